The zero-order valence-corrected chi connectivity index (χ0v) is 15.3. The summed E-state index contributed by atoms with van der Waals surface area (Å²) in [6, 6.07) is 18.2. The van der Waals surface area contributed by atoms with E-state index in [1.807, 2.05) is 47.3 Å². The molecule has 27 heavy (non-hydrogen) atoms. The van der Waals surface area contributed by atoms with Crippen molar-refractivity contribution in [2.45, 2.75) is 18.8 Å². The lowest BCUT2D eigenvalue weighted by molar-refractivity contribution is -0.137. The van der Waals surface area contributed by atoms with Crippen molar-refractivity contribution < 1.29 is 14.7 Å². The molecule has 2 aromatic carbocycles. The fourth-order valence-electron chi connectivity index (χ4n) is 2.94. The Kier molecular flexibility index (Phi) is 5.94. The lowest BCUT2D eigenvalue weighted by atomic mass is 9.92. The van der Waals surface area contributed by atoms with Gasteiger partial charge in [0.1, 0.15) is 0 Å². The molecule has 0 spiro atoms. The Morgan fingerprint density at radius 1 is 1.00 bits per heavy atom. The van der Waals surface area contributed by atoms with Crippen LogP contribution in [0, 0.1) is 0 Å². The number of anilines is 1. The van der Waals surface area contributed by atoms with Gasteiger partial charge < -0.3 is 15.0 Å². The standard InChI is InChI=1S/C21H19ClN2O3/c22-17-8-6-15(7-9-17)16(13-21(26)27)12-20(25)23-18-4-3-5-19(14-18)24-10-1-2-11-24/h1-11,14,16H,12-13H2,(H,23,25)(H,26,27). The molecule has 1 aromatic heterocycles. The van der Waals surface area contributed by atoms with Gasteiger partial charge in [-0.25, -0.2) is 0 Å². The number of nitrogens with zero attached hydrogens (tertiary/aromatic N) is 1. The number of nitrogens with one attached hydrogen (secondary N) is 1. The van der Waals surface area contributed by atoms with Gasteiger partial charge in [0.05, 0.1) is 6.42 Å². The fraction of sp³-hybridized carbons (Fsp3) is 0.143. The van der Waals surface area contributed by atoms with Gasteiger partial charge in [-0.1, -0.05) is 29.8 Å². The number of carboxylic acid groups (broad SMARTS) is 1. The van der Waals surface area contributed by atoms with Crippen LogP contribution in [-0.4, -0.2) is 21.6 Å². The molecule has 3 rings (SSSR count). The van der Waals surface area contributed by atoms with E-state index in [1.54, 1.807) is 30.3 Å². The third-order valence-electron chi connectivity index (χ3n) is 4.23. The van der Waals surface area contributed by atoms with E-state index in [9.17, 15) is 14.7 Å². The minimum Gasteiger partial charge on any atom is -0.481 e. The van der Waals surface area contributed by atoms with E-state index in [0.717, 1.165) is 11.3 Å². The van der Waals surface area contributed by atoms with E-state index in [4.69, 9.17) is 11.6 Å². The molecule has 1 unspecified atom stereocenters. The Bertz CT molecular complexity index is 921. The lowest BCUT2D eigenvalue weighted by Gasteiger charge is -2.16. The first-order chi connectivity index (χ1) is 13.0. The van der Waals surface area contributed by atoms with E-state index in [0.29, 0.717) is 10.7 Å². The summed E-state index contributed by atoms with van der Waals surface area (Å²) in [7, 11) is 0. The quantitative estimate of drug-likeness (QED) is 0.621. The first-order valence-electron chi connectivity index (χ1n) is 8.52. The van der Waals surface area contributed by atoms with Crippen LogP contribution in [0.3, 0.4) is 0 Å². The molecule has 0 saturated heterocycles. The van der Waals surface area contributed by atoms with Gasteiger partial charge in [-0.3, -0.25) is 9.59 Å². The highest BCUT2D eigenvalue weighted by atomic mass is 35.5. The Hall–Kier alpha value is -3.05. The molecule has 1 amide bonds. The van der Waals surface area contributed by atoms with Crippen LogP contribution < -0.4 is 5.32 Å². The molecule has 3 aromatic rings. The Morgan fingerprint density at radius 3 is 2.37 bits per heavy atom. The molecule has 6 heteroatoms. The van der Waals surface area contributed by atoms with Gasteiger partial charge in [0, 0.05) is 41.1 Å². The number of hydrogen-bond donors (Lipinski definition) is 2. The van der Waals surface area contributed by atoms with Crippen molar-refractivity contribution in [3.63, 3.8) is 0 Å². The van der Waals surface area contributed by atoms with Crippen LogP contribution in [0.4, 0.5) is 5.69 Å². The fourth-order valence-corrected chi connectivity index (χ4v) is 3.07. The molecular formula is C21H19ClN2O3. The number of carbonyl (C=O) groups excluding carboxylic acids is 1. The van der Waals surface area contributed by atoms with Crippen LogP contribution in [0.25, 0.3) is 5.69 Å². The number of benzene rings is 2. The number of amides is 1. The van der Waals surface area contributed by atoms with E-state index >= 15 is 0 Å². The van der Waals surface area contributed by atoms with Crippen molar-refractivity contribution in [1.82, 2.24) is 4.57 Å². The summed E-state index contributed by atoms with van der Waals surface area (Å²) in [4.78, 5) is 23.7. The van der Waals surface area contributed by atoms with Crippen LogP contribution in [-0.2, 0) is 9.59 Å². The maximum Gasteiger partial charge on any atom is 0.303 e. The van der Waals surface area contributed by atoms with E-state index < -0.39 is 11.9 Å². The molecule has 138 valence electrons. The Balaban J connectivity index is 1.71. The maximum atomic E-state index is 12.5. The highest BCUT2D eigenvalue weighted by Crippen LogP contribution is 2.26. The average molecular weight is 383 g/mol. The topological polar surface area (TPSA) is 71.3 Å². The van der Waals surface area contributed by atoms with Gasteiger partial charge in [0.15, 0.2) is 0 Å². The number of hydrogen-bond acceptors (Lipinski definition) is 2. The second-order valence-electron chi connectivity index (χ2n) is 6.24. The van der Waals surface area contributed by atoms with Crippen LogP contribution >= 0.6 is 11.6 Å². The van der Waals surface area contributed by atoms with Crippen molar-refractivity contribution in [2.75, 3.05) is 5.32 Å². The summed E-state index contributed by atoms with van der Waals surface area (Å²) in [6.07, 6.45) is 3.79. The number of aromatic nitrogens is 1. The third-order valence-corrected chi connectivity index (χ3v) is 4.48. The van der Waals surface area contributed by atoms with Gasteiger partial charge in [0.2, 0.25) is 5.91 Å². The summed E-state index contributed by atoms with van der Waals surface area (Å²) in [5.41, 5.74) is 2.37. The summed E-state index contributed by atoms with van der Waals surface area (Å²) in [6.45, 7) is 0. The van der Waals surface area contributed by atoms with Gasteiger partial charge in [-0.15, -0.1) is 0 Å². The molecule has 0 radical (unpaired) electrons. The summed E-state index contributed by atoms with van der Waals surface area (Å²) in [5.74, 6) is -1.61. The van der Waals surface area contributed by atoms with E-state index in [2.05, 4.69) is 5.32 Å². The van der Waals surface area contributed by atoms with Crippen molar-refractivity contribution in [1.29, 1.82) is 0 Å². The van der Waals surface area contributed by atoms with E-state index in [-0.39, 0.29) is 18.7 Å². The Morgan fingerprint density at radius 2 is 1.70 bits per heavy atom. The first kappa shape index (κ1) is 18.7. The normalized spacial score (nSPS) is 11.7. The van der Waals surface area contributed by atoms with E-state index in [1.165, 1.54) is 0 Å². The third kappa shape index (κ3) is 5.21. The zero-order valence-electron chi connectivity index (χ0n) is 14.5. The van der Waals surface area contributed by atoms with Gasteiger partial charge >= 0.3 is 5.97 Å². The molecule has 0 aliphatic rings. The van der Waals surface area contributed by atoms with Crippen LogP contribution in [0.5, 0.6) is 0 Å². The largest absolute Gasteiger partial charge is 0.481 e. The smallest absolute Gasteiger partial charge is 0.303 e. The van der Waals surface area contributed by atoms with Gasteiger partial charge in [-0.05, 0) is 48.0 Å². The molecule has 0 aliphatic carbocycles. The number of aliphatic carboxylic acids is 1. The Labute approximate surface area is 162 Å². The maximum absolute atomic E-state index is 12.5. The monoisotopic (exact) mass is 382 g/mol. The number of halogens is 1. The first-order valence-corrected chi connectivity index (χ1v) is 8.89. The minimum absolute atomic E-state index is 0.0711. The number of rotatable bonds is 7. The minimum atomic E-state index is -0.947. The van der Waals surface area contributed by atoms with Crippen LogP contribution in [0.1, 0.15) is 24.3 Å². The molecule has 0 fully saturated rings. The molecule has 0 saturated carbocycles. The van der Waals surface area contributed by atoms with Crippen LogP contribution in [0.2, 0.25) is 5.02 Å². The zero-order chi connectivity index (χ0) is 19.2. The van der Waals surface area contributed by atoms with Crippen LogP contribution in [0.15, 0.2) is 73.1 Å². The summed E-state index contributed by atoms with van der Waals surface area (Å²) >= 11 is 5.89. The molecule has 5 nitrogen and oxygen atoms in total. The SMILES string of the molecule is O=C(O)CC(CC(=O)Nc1cccc(-n2cccc2)c1)c1ccc(Cl)cc1. The molecule has 0 bridgehead atoms. The second-order valence-corrected chi connectivity index (χ2v) is 6.68. The lowest BCUT2D eigenvalue weighted by Crippen LogP contribution is -2.17. The molecule has 0 aliphatic heterocycles. The highest BCUT2D eigenvalue weighted by molar-refractivity contribution is 6.30. The van der Waals surface area contributed by atoms with Gasteiger partial charge in [-0.2, -0.15) is 0 Å². The highest BCUT2D eigenvalue weighted by Gasteiger charge is 2.19. The second kappa shape index (κ2) is 8.56. The predicted molar refractivity (Wildman–Crippen MR) is 105 cm³/mol. The molecular weight excluding hydrogens is 364 g/mol. The summed E-state index contributed by atoms with van der Waals surface area (Å²) in [5, 5.41) is 12.6. The van der Waals surface area contributed by atoms with Crippen molar-refractivity contribution in [3.05, 3.63) is 83.6 Å². The number of carboxylic acids is 1. The number of carbonyl (C=O) groups is 2. The van der Waals surface area contributed by atoms with Crippen molar-refractivity contribution >= 4 is 29.2 Å². The average Bonchev–Trinajstić information content (AvgIpc) is 3.16. The molecule has 1 heterocycles. The predicted octanol–water partition coefficient (Wildman–Crippen LogP) is 4.72. The van der Waals surface area contributed by atoms with Crippen molar-refractivity contribution in [3.8, 4) is 5.69 Å². The summed E-state index contributed by atoms with van der Waals surface area (Å²) < 4.78 is 1.94. The van der Waals surface area contributed by atoms with Crippen molar-refractivity contribution in [2.24, 2.45) is 0 Å². The van der Waals surface area contributed by atoms with Gasteiger partial charge in [0.25, 0.3) is 0 Å². The molecule has 1 atom stereocenters. The molecule has 2 N–H and O–H groups in total.